The number of aryl methyl sites for hydroxylation is 1. The van der Waals surface area contributed by atoms with Gasteiger partial charge >= 0.3 is 0 Å². The van der Waals surface area contributed by atoms with Crippen LogP contribution >= 0.6 is 38.5 Å². The van der Waals surface area contributed by atoms with Gasteiger partial charge in [-0.2, -0.15) is 0 Å². The minimum absolute atomic E-state index is 0.936. The summed E-state index contributed by atoms with van der Waals surface area (Å²) in [6.45, 7) is 0. The third-order valence-corrected chi connectivity index (χ3v) is 3.07. The third kappa shape index (κ3) is 2.62. The first kappa shape index (κ1) is 10.3. The summed E-state index contributed by atoms with van der Waals surface area (Å²) < 4.78 is 6.44. The van der Waals surface area contributed by atoms with Gasteiger partial charge in [0, 0.05) is 8.90 Å². The van der Waals surface area contributed by atoms with Crippen molar-refractivity contribution in [2.24, 2.45) is 0 Å². The number of hydrogen-bond donors (Lipinski definition) is 0. The van der Waals surface area contributed by atoms with Crippen LogP contribution < -0.4 is 4.74 Å². The first-order valence-electron chi connectivity index (χ1n) is 3.66. The highest BCUT2D eigenvalue weighted by atomic mass is 127. The lowest BCUT2D eigenvalue weighted by atomic mass is 10.2. The molecule has 3 heteroatoms. The number of halogens is 2. The number of rotatable bonds is 3. The van der Waals surface area contributed by atoms with Crippen molar-refractivity contribution in [3.8, 4) is 5.75 Å². The van der Waals surface area contributed by atoms with E-state index in [0.717, 1.165) is 17.5 Å². The van der Waals surface area contributed by atoms with E-state index < -0.39 is 0 Å². The quantitative estimate of drug-likeness (QED) is 0.606. The number of methoxy groups -OCH3 is 1. The van der Waals surface area contributed by atoms with Gasteiger partial charge in [-0.05, 0) is 52.8 Å². The van der Waals surface area contributed by atoms with Gasteiger partial charge in [0.15, 0.2) is 0 Å². The number of ether oxygens (including phenoxy) is 1. The topological polar surface area (TPSA) is 9.23 Å². The molecule has 0 aliphatic rings. The molecule has 0 saturated heterocycles. The van der Waals surface area contributed by atoms with Crippen LogP contribution in [-0.4, -0.2) is 12.4 Å². The van der Waals surface area contributed by atoms with E-state index in [2.05, 4.69) is 50.7 Å². The van der Waals surface area contributed by atoms with Gasteiger partial charge in [-0.1, -0.05) is 15.9 Å². The van der Waals surface area contributed by atoms with Gasteiger partial charge in [0.25, 0.3) is 0 Å². The fraction of sp³-hybridized carbons (Fsp3) is 0.333. The van der Waals surface area contributed by atoms with Crippen molar-refractivity contribution in [3.63, 3.8) is 0 Å². The van der Waals surface area contributed by atoms with Crippen LogP contribution in [0.4, 0.5) is 0 Å². The van der Waals surface area contributed by atoms with E-state index in [1.165, 1.54) is 9.13 Å². The normalized spacial score (nSPS) is 9.92. The predicted octanol–water partition coefficient (Wildman–Crippen LogP) is 3.24. The number of benzene rings is 1. The molecular weight excluding hydrogens is 331 g/mol. The smallest absolute Gasteiger partial charge is 0.119 e. The summed E-state index contributed by atoms with van der Waals surface area (Å²) in [5.74, 6) is 0.936. The standard InChI is InChI=1S/C9H10BrIO/c1-12-8-2-3-9(11)7(6-8)4-5-10/h2-3,6H,4-5H2,1H3. The van der Waals surface area contributed by atoms with E-state index in [4.69, 9.17) is 4.74 Å². The SMILES string of the molecule is COc1ccc(I)c(CCBr)c1. The van der Waals surface area contributed by atoms with Crippen molar-refractivity contribution in [2.45, 2.75) is 6.42 Å². The zero-order valence-corrected chi connectivity index (χ0v) is 10.6. The van der Waals surface area contributed by atoms with Crippen molar-refractivity contribution in [3.05, 3.63) is 27.3 Å². The number of alkyl halides is 1. The molecule has 0 heterocycles. The summed E-state index contributed by atoms with van der Waals surface area (Å²) in [5.41, 5.74) is 1.34. The van der Waals surface area contributed by atoms with E-state index in [1.807, 2.05) is 6.07 Å². The molecule has 0 N–H and O–H groups in total. The van der Waals surface area contributed by atoms with E-state index in [1.54, 1.807) is 7.11 Å². The Morgan fingerprint density at radius 1 is 1.50 bits per heavy atom. The molecule has 0 aliphatic heterocycles. The molecule has 0 aromatic heterocycles. The van der Waals surface area contributed by atoms with Crippen LogP contribution in [0, 0.1) is 3.57 Å². The van der Waals surface area contributed by atoms with Gasteiger partial charge in [0.1, 0.15) is 5.75 Å². The molecule has 1 aromatic rings. The Labute approximate surface area is 94.8 Å². The minimum atomic E-state index is 0.936. The highest BCUT2D eigenvalue weighted by Gasteiger charge is 2.00. The maximum Gasteiger partial charge on any atom is 0.119 e. The Balaban J connectivity index is 2.91. The van der Waals surface area contributed by atoms with E-state index >= 15 is 0 Å². The summed E-state index contributed by atoms with van der Waals surface area (Å²) in [7, 11) is 1.69. The maximum absolute atomic E-state index is 5.14. The van der Waals surface area contributed by atoms with Crippen molar-refractivity contribution in [2.75, 3.05) is 12.4 Å². The van der Waals surface area contributed by atoms with Crippen LogP contribution in [-0.2, 0) is 6.42 Å². The monoisotopic (exact) mass is 340 g/mol. The lowest BCUT2D eigenvalue weighted by Crippen LogP contribution is -1.92. The molecule has 0 saturated carbocycles. The Bertz CT molecular complexity index is 263. The summed E-state index contributed by atoms with van der Waals surface area (Å²) in [6.07, 6.45) is 1.05. The van der Waals surface area contributed by atoms with E-state index in [9.17, 15) is 0 Å². The second kappa shape index (κ2) is 5.07. The molecule has 66 valence electrons. The molecule has 0 atom stereocenters. The van der Waals surface area contributed by atoms with Crippen molar-refractivity contribution >= 4 is 38.5 Å². The van der Waals surface area contributed by atoms with Crippen LogP contribution in [0.2, 0.25) is 0 Å². The van der Waals surface area contributed by atoms with Crippen LogP contribution in [0.25, 0.3) is 0 Å². The molecule has 0 fully saturated rings. The van der Waals surface area contributed by atoms with Gasteiger partial charge in [0.05, 0.1) is 7.11 Å². The lowest BCUT2D eigenvalue weighted by Gasteiger charge is -2.05. The fourth-order valence-corrected chi connectivity index (χ4v) is 2.00. The minimum Gasteiger partial charge on any atom is -0.497 e. The second-order valence-electron chi connectivity index (χ2n) is 2.40. The van der Waals surface area contributed by atoms with E-state index in [0.29, 0.717) is 0 Å². The summed E-state index contributed by atoms with van der Waals surface area (Å²) in [4.78, 5) is 0. The molecule has 0 aliphatic carbocycles. The van der Waals surface area contributed by atoms with E-state index in [-0.39, 0.29) is 0 Å². The van der Waals surface area contributed by atoms with Gasteiger partial charge in [-0.3, -0.25) is 0 Å². The molecule has 1 rings (SSSR count). The molecule has 1 aromatic carbocycles. The molecule has 0 bridgehead atoms. The van der Waals surface area contributed by atoms with Crippen molar-refractivity contribution in [1.29, 1.82) is 0 Å². The second-order valence-corrected chi connectivity index (χ2v) is 4.35. The molecule has 1 nitrogen and oxygen atoms in total. The van der Waals surface area contributed by atoms with Crippen molar-refractivity contribution < 1.29 is 4.74 Å². The molecule has 0 amide bonds. The van der Waals surface area contributed by atoms with Crippen LogP contribution in [0.15, 0.2) is 18.2 Å². The summed E-state index contributed by atoms with van der Waals surface area (Å²) in [6, 6.07) is 6.15. The van der Waals surface area contributed by atoms with Gasteiger partial charge < -0.3 is 4.74 Å². The van der Waals surface area contributed by atoms with Crippen LogP contribution in [0.5, 0.6) is 5.75 Å². The average molecular weight is 341 g/mol. The largest absolute Gasteiger partial charge is 0.497 e. The first-order chi connectivity index (χ1) is 5.77. The highest BCUT2D eigenvalue weighted by molar-refractivity contribution is 14.1. The maximum atomic E-state index is 5.14. The van der Waals surface area contributed by atoms with Gasteiger partial charge in [0.2, 0.25) is 0 Å². The predicted molar refractivity (Wildman–Crippen MR) is 63.2 cm³/mol. The molecular formula is C9H10BrIO. The summed E-state index contributed by atoms with van der Waals surface area (Å²) in [5, 5.41) is 0.996. The third-order valence-electron chi connectivity index (χ3n) is 1.62. The number of hydrogen-bond acceptors (Lipinski definition) is 1. The van der Waals surface area contributed by atoms with Crippen molar-refractivity contribution in [1.82, 2.24) is 0 Å². The average Bonchev–Trinajstić information content (AvgIpc) is 2.09. The highest BCUT2D eigenvalue weighted by Crippen LogP contribution is 2.20. The summed E-state index contributed by atoms with van der Waals surface area (Å²) >= 11 is 5.76. The molecule has 12 heavy (non-hydrogen) atoms. The Morgan fingerprint density at radius 2 is 2.25 bits per heavy atom. The fourth-order valence-electron chi connectivity index (χ4n) is 0.971. The molecule has 0 spiro atoms. The van der Waals surface area contributed by atoms with Crippen LogP contribution in [0.3, 0.4) is 0 Å². The molecule has 0 radical (unpaired) electrons. The molecule has 0 unspecified atom stereocenters. The lowest BCUT2D eigenvalue weighted by molar-refractivity contribution is 0.414. The van der Waals surface area contributed by atoms with Crippen LogP contribution in [0.1, 0.15) is 5.56 Å². The Morgan fingerprint density at radius 3 is 2.83 bits per heavy atom. The first-order valence-corrected chi connectivity index (χ1v) is 5.86. The van der Waals surface area contributed by atoms with Gasteiger partial charge in [-0.25, -0.2) is 0 Å². The Kier molecular flexibility index (Phi) is 4.35. The van der Waals surface area contributed by atoms with Gasteiger partial charge in [-0.15, -0.1) is 0 Å². The zero-order chi connectivity index (χ0) is 8.97. The zero-order valence-electron chi connectivity index (χ0n) is 6.81. The Hall–Kier alpha value is 0.230.